The number of piperazine rings is 1. The van der Waals surface area contributed by atoms with E-state index in [2.05, 4.69) is 10.2 Å². The normalized spacial score (nSPS) is 18.2. The van der Waals surface area contributed by atoms with Crippen molar-refractivity contribution >= 4 is 10.8 Å². The molecule has 0 saturated carbocycles. The van der Waals surface area contributed by atoms with Crippen molar-refractivity contribution in [3.63, 3.8) is 0 Å². The fourth-order valence-corrected chi connectivity index (χ4v) is 3.37. The topological polar surface area (TPSA) is 15.3 Å². The molecule has 0 unspecified atom stereocenters. The molecular formula is C18H21F3N2. The molecule has 2 nitrogen and oxygen atoms in total. The lowest BCUT2D eigenvalue weighted by atomic mass is 9.94. The maximum absolute atomic E-state index is 12.8. The van der Waals surface area contributed by atoms with Crippen molar-refractivity contribution in [3.8, 4) is 0 Å². The first-order valence-corrected chi connectivity index (χ1v) is 8.04. The number of nitrogens with one attached hydrogen (secondary N) is 1. The fraction of sp³-hybridized carbons (Fsp3) is 0.444. The predicted octanol–water partition coefficient (Wildman–Crippen LogP) is 4.13. The van der Waals surface area contributed by atoms with E-state index < -0.39 is 12.6 Å². The highest BCUT2D eigenvalue weighted by Gasteiger charge is 2.31. The molecule has 0 spiro atoms. The lowest BCUT2D eigenvalue weighted by molar-refractivity contribution is -0.138. The van der Waals surface area contributed by atoms with Gasteiger partial charge in [0, 0.05) is 38.6 Å². The Hall–Kier alpha value is -1.59. The lowest BCUT2D eigenvalue weighted by Gasteiger charge is -2.36. The molecule has 23 heavy (non-hydrogen) atoms. The molecule has 124 valence electrons. The molecule has 1 heterocycles. The van der Waals surface area contributed by atoms with Gasteiger partial charge >= 0.3 is 6.18 Å². The summed E-state index contributed by atoms with van der Waals surface area (Å²) in [5, 5.41) is 5.40. The van der Waals surface area contributed by atoms with Crippen molar-refractivity contribution in [1.29, 1.82) is 0 Å². The molecule has 3 rings (SSSR count). The van der Waals surface area contributed by atoms with Gasteiger partial charge in [-0.15, -0.1) is 0 Å². The van der Waals surface area contributed by atoms with Gasteiger partial charge in [0.15, 0.2) is 0 Å². The summed E-state index contributed by atoms with van der Waals surface area (Å²) in [6, 6.07) is 13.7. The molecule has 1 saturated heterocycles. The van der Waals surface area contributed by atoms with Crippen molar-refractivity contribution in [2.24, 2.45) is 0 Å². The summed E-state index contributed by atoms with van der Waals surface area (Å²) >= 11 is 0. The third-order valence-corrected chi connectivity index (χ3v) is 4.48. The molecule has 1 aliphatic rings. The average molecular weight is 322 g/mol. The Bertz CT molecular complexity index is 643. The van der Waals surface area contributed by atoms with E-state index in [0.717, 1.165) is 42.5 Å². The molecule has 1 fully saturated rings. The Labute approximate surface area is 134 Å². The highest BCUT2D eigenvalue weighted by molar-refractivity contribution is 5.86. The van der Waals surface area contributed by atoms with Gasteiger partial charge in [-0.05, 0) is 22.8 Å². The fourth-order valence-electron chi connectivity index (χ4n) is 3.37. The second-order valence-corrected chi connectivity index (χ2v) is 6.02. The van der Waals surface area contributed by atoms with E-state index >= 15 is 0 Å². The van der Waals surface area contributed by atoms with Crippen molar-refractivity contribution in [3.05, 3.63) is 48.0 Å². The van der Waals surface area contributed by atoms with Gasteiger partial charge in [0.05, 0.1) is 0 Å². The van der Waals surface area contributed by atoms with Crippen molar-refractivity contribution in [2.45, 2.75) is 25.1 Å². The smallest absolute Gasteiger partial charge is 0.314 e. The van der Waals surface area contributed by atoms with Gasteiger partial charge in [-0.25, -0.2) is 0 Å². The number of rotatable bonds is 4. The van der Waals surface area contributed by atoms with Crippen LogP contribution >= 0.6 is 0 Å². The molecule has 5 heteroatoms. The van der Waals surface area contributed by atoms with Crippen LogP contribution in [0.1, 0.15) is 24.4 Å². The summed E-state index contributed by atoms with van der Waals surface area (Å²) in [6.07, 6.45) is -4.75. The molecule has 0 radical (unpaired) electrons. The van der Waals surface area contributed by atoms with Crippen molar-refractivity contribution in [1.82, 2.24) is 10.2 Å². The molecule has 1 atom stereocenters. The standard InChI is InChI=1S/C18H21F3N2/c19-18(20,21)9-8-17(23-12-10-22-11-13-23)16-7-3-5-14-4-1-2-6-15(14)16/h1-7,17,22H,8-13H2/t17-/m0/s1. The van der Waals surface area contributed by atoms with E-state index in [1.54, 1.807) is 0 Å². The number of hydrogen-bond acceptors (Lipinski definition) is 2. The van der Waals surface area contributed by atoms with Gasteiger partial charge < -0.3 is 5.32 Å². The average Bonchev–Trinajstić information content (AvgIpc) is 2.55. The SMILES string of the molecule is FC(F)(F)CC[C@@H](c1cccc2ccccc12)N1CCNCC1. The van der Waals surface area contributed by atoms with E-state index in [4.69, 9.17) is 0 Å². The minimum Gasteiger partial charge on any atom is -0.314 e. The van der Waals surface area contributed by atoms with Crippen molar-refractivity contribution < 1.29 is 13.2 Å². The van der Waals surface area contributed by atoms with Crippen LogP contribution in [0.25, 0.3) is 10.8 Å². The summed E-state index contributed by atoms with van der Waals surface area (Å²) in [5.74, 6) is 0. The minimum absolute atomic E-state index is 0.109. The van der Waals surface area contributed by atoms with E-state index in [1.807, 2.05) is 42.5 Å². The van der Waals surface area contributed by atoms with Crippen LogP contribution in [0.2, 0.25) is 0 Å². The molecule has 0 aliphatic carbocycles. The Morgan fingerprint density at radius 2 is 1.70 bits per heavy atom. The maximum atomic E-state index is 12.8. The first-order chi connectivity index (χ1) is 11.0. The van der Waals surface area contributed by atoms with Crippen LogP contribution in [-0.4, -0.2) is 37.3 Å². The second kappa shape index (κ2) is 6.89. The van der Waals surface area contributed by atoms with E-state index in [9.17, 15) is 13.2 Å². The summed E-state index contributed by atoms with van der Waals surface area (Å²) < 4.78 is 38.3. The largest absolute Gasteiger partial charge is 0.389 e. The van der Waals surface area contributed by atoms with Crippen LogP contribution in [-0.2, 0) is 0 Å². The zero-order chi connectivity index (χ0) is 16.3. The van der Waals surface area contributed by atoms with E-state index in [0.29, 0.717) is 0 Å². The lowest BCUT2D eigenvalue weighted by Crippen LogP contribution is -2.45. The summed E-state index contributed by atoms with van der Waals surface area (Å²) in [6.45, 7) is 3.22. The van der Waals surface area contributed by atoms with Crippen LogP contribution in [0.15, 0.2) is 42.5 Å². The number of alkyl halides is 3. The molecule has 1 N–H and O–H groups in total. The van der Waals surface area contributed by atoms with Gasteiger partial charge in [-0.3, -0.25) is 4.90 Å². The zero-order valence-corrected chi connectivity index (χ0v) is 12.9. The third-order valence-electron chi connectivity index (χ3n) is 4.48. The third kappa shape index (κ3) is 4.03. The molecule has 2 aromatic carbocycles. The van der Waals surface area contributed by atoms with Crippen LogP contribution in [0.4, 0.5) is 13.2 Å². The number of benzene rings is 2. The Morgan fingerprint density at radius 3 is 2.43 bits per heavy atom. The van der Waals surface area contributed by atoms with E-state index in [-0.39, 0.29) is 12.5 Å². The first kappa shape index (κ1) is 16.3. The molecule has 0 bridgehead atoms. The van der Waals surface area contributed by atoms with Gasteiger partial charge in [-0.1, -0.05) is 42.5 Å². The molecule has 1 aliphatic heterocycles. The predicted molar refractivity (Wildman–Crippen MR) is 86.4 cm³/mol. The van der Waals surface area contributed by atoms with Crippen molar-refractivity contribution in [2.75, 3.05) is 26.2 Å². The summed E-state index contributed by atoms with van der Waals surface area (Å²) in [5.41, 5.74) is 1.01. The Balaban J connectivity index is 1.95. The van der Waals surface area contributed by atoms with Crippen LogP contribution in [0, 0.1) is 0 Å². The van der Waals surface area contributed by atoms with Gasteiger partial charge in [0.1, 0.15) is 0 Å². The zero-order valence-electron chi connectivity index (χ0n) is 12.9. The first-order valence-electron chi connectivity index (χ1n) is 8.04. The Morgan fingerprint density at radius 1 is 1.00 bits per heavy atom. The number of halogens is 3. The molecule has 2 aromatic rings. The second-order valence-electron chi connectivity index (χ2n) is 6.02. The number of hydrogen-bond donors (Lipinski definition) is 1. The molecular weight excluding hydrogens is 301 g/mol. The van der Waals surface area contributed by atoms with Crippen LogP contribution in [0.5, 0.6) is 0 Å². The monoisotopic (exact) mass is 322 g/mol. The molecule has 0 aromatic heterocycles. The summed E-state index contributed by atoms with van der Waals surface area (Å²) in [7, 11) is 0. The maximum Gasteiger partial charge on any atom is 0.389 e. The molecule has 0 amide bonds. The van der Waals surface area contributed by atoms with Gasteiger partial charge in [0.25, 0.3) is 0 Å². The van der Waals surface area contributed by atoms with Crippen LogP contribution in [0.3, 0.4) is 0 Å². The highest BCUT2D eigenvalue weighted by Crippen LogP contribution is 2.35. The number of fused-ring (bicyclic) bond motifs is 1. The van der Waals surface area contributed by atoms with Gasteiger partial charge in [-0.2, -0.15) is 13.2 Å². The quantitative estimate of drug-likeness (QED) is 0.910. The minimum atomic E-state index is -4.11. The summed E-state index contributed by atoms with van der Waals surface area (Å²) in [4.78, 5) is 2.18. The number of nitrogens with zero attached hydrogens (tertiary/aromatic N) is 1. The van der Waals surface area contributed by atoms with Crippen LogP contribution < -0.4 is 5.32 Å². The Kier molecular flexibility index (Phi) is 4.87. The van der Waals surface area contributed by atoms with E-state index in [1.165, 1.54) is 0 Å². The van der Waals surface area contributed by atoms with Gasteiger partial charge in [0.2, 0.25) is 0 Å². The highest BCUT2D eigenvalue weighted by atomic mass is 19.4.